The molecule has 0 aliphatic heterocycles. The Hall–Kier alpha value is -1.49. The van der Waals surface area contributed by atoms with Crippen LogP contribution in [0.25, 0.3) is 0 Å². The number of hydrogen-bond acceptors (Lipinski definition) is 4. The lowest BCUT2D eigenvalue weighted by Gasteiger charge is -2.12. The van der Waals surface area contributed by atoms with Crippen LogP contribution in [0.3, 0.4) is 0 Å². The lowest BCUT2D eigenvalue weighted by atomic mass is 9.97. The molecule has 0 amide bonds. The summed E-state index contributed by atoms with van der Waals surface area (Å²) in [6.45, 7) is 1.70. The van der Waals surface area contributed by atoms with E-state index in [0.717, 1.165) is 18.4 Å². The molecule has 6 heteroatoms. The first-order chi connectivity index (χ1) is 8.56. The van der Waals surface area contributed by atoms with Crippen molar-refractivity contribution in [2.75, 3.05) is 6.54 Å². The van der Waals surface area contributed by atoms with E-state index in [-0.39, 0.29) is 23.4 Å². The number of pyridine rings is 1. The molecule has 2 rings (SSSR count). The fourth-order valence-corrected chi connectivity index (χ4v) is 1.81. The highest BCUT2D eigenvalue weighted by atomic mass is 35.5. The molecule has 18 heavy (non-hydrogen) atoms. The molecule has 0 N–H and O–H groups in total. The van der Waals surface area contributed by atoms with Crippen molar-refractivity contribution in [3.63, 3.8) is 0 Å². The van der Waals surface area contributed by atoms with E-state index in [1.165, 1.54) is 0 Å². The second kappa shape index (κ2) is 5.44. The standard InChI is InChI=1S/C12H14ClN3O2/c1-8(9-2-5-12(13)14-6-9)11(7-16(17)18)15-10-3-4-10/h2,5-6,8,10H,3-4,7H2,1H3. The fourth-order valence-electron chi connectivity index (χ4n) is 1.70. The van der Waals surface area contributed by atoms with Gasteiger partial charge in [0.25, 0.3) is 0 Å². The predicted octanol–water partition coefficient (Wildman–Crippen LogP) is 2.72. The molecular weight excluding hydrogens is 254 g/mol. The minimum Gasteiger partial charge on any atom is -0.283 e. The number of nitrogens with zero attached hydrogens (tertiary/aromatic N) is 3. The molecule has 0 spiro atoms. The van der Waals surface area contributed by atoms with Crippen molar-refractivity contribution in [3.8, 4) is 0 Å². The van der Waals surface area contributed by atoms with Gasteiger partial charge in [0.15, 0.2) is 0 Å². The van der Waals surface area contributed by atoms with Crippen LogP contribution in [0.1, 0.15) is 31.2 Å². The zero-order valence-corrected chi connectivity index (χ0v) is 10.8. The first kappa shape index (κ1) is 13.0. The van der Waals surface area contributed by atoms with E-state index < -0.39 is 0 Å². The summed E-state index contributed by atoms with van der Waals surface area (Å²) in [5.74, 6) is -0.0965. The fraction of sp³-hybridized carbons (Fsp3) is 0.500. The predicted molar refractivity (Wildman–Crippen MR) is 70.0 cm³/mol. The van der Waals surface area contributed by atoms with Crippen LogP contribution in [-0.2, 0) is 0 Å². The third kappa shape index (κ3) is 3.50. The Bertz CT molecular complexity index is 469. The molecule has 1 unspecified atom stereocenters. The second-order valence-electron chi connectivity index (χ2n) is 4.48. The lowest BCUT2D eigenvalue weighted by molar-refractivity contribution is -0.463. The van der Waals surface area contributed by atoms with Crippen molar-refractivity contribution in [2.45, 2.75) is 31.7 Å². The number of aromatic nitrogens is 1. The van der Waals surface area contributed by atoms with Crippen LogP contribution in [0.5, 0.6) is 0 Å². The van der Waals surface area contributed by atoms with Gasteiger partial charge in [-0.05, 0) is 24.5 Å². The maximum atomic E-state index is 10.7. The minimum atomic E-state index is -0.332. The topological polar surface area (TPSA) is 68.4 Å². The van der Waals surface area contributed by atoms with Crippen LogP contribution in [-0.4, -0.2) is 28.2 Å². The highest BCUT2D eigenvalue weighted by molar-refractivity contribution is 6.29. The first-order valence-electron chi connectivity index (χ1n) is 5.86. The van der Waals surface area contributed by atoms with E-state index in [1.54, 1.807) is 12.3 Å². The van der Waals surface area contributed by atoms with Crippen molar-refractivity contribution in [1.29, 1.82) is 0 Å². The largest absolute Gasteiger partial charge is 0.283 e. The van der Waals surface area contributed by atoms with Crippen molar-refractivity contribution >= 4 is 17.3 Å². The Morgan fingerprint density at radius 3 is 2.89 bits per heavy atom. The van der Waals surface area contributed by atoms with E-state index in [4.69, 9.17) is 11.6 Å². The molecule has 0 aromatic carbocycles. The quantitative estimate of drug-likeness (QED) is 0.356. The number of rotatable bonds is 5. The Labute approximate surface area is 110 Å². The summed E-state index contributed by atoms with van der Waals surface area (Å²) in [4.78, 5) is 18.8. The Morgan fingerprint density at radius 2 is 2.39 bits per heavy atom. The summed E-state index contributed by atoms with van der Waals surface area (Å²) in [7, 11) is 0. The Kier molecular flexibility index (Phi) is 3.91. The molecule has 1 aromatic heterocycles. The van der Waals surface area contributed by atoms with Gasteiger partial charge in [-0.25, -0.2) is 4.98 Å². The zero-order chi connectivity index (χ0) is 13.1. The van der Waals surface area contributed by atoms with Crippen LogP contribution in [0.15, 0.2) is 23.3 Å². The number of halogens is 1. The molecule has 0 radical (unpaired) electrons. The monoisotopic (exact) mass is 267 g/mol. The van der Waals surface area contributed by atoms with E-state index in [1.807, 2.05) is 13.0 Å². The maximum absolute atomic E-state index is 10.7. The third-order valence-corrected chi connectivity index (χ3v) is 3.16. The van der Waals surface area contributed by atoms with Gasteiger partial charge in [-0.1, -0.05) is 24.6 Å². The van der Waals surface area contributed by atoms with Crippen molar-refractivity contribution < 1.29 is 4.92 Å². The smallest absolute Gasteiger partial charge is 0.241 e. The lowest BCUT2D eigenvalue weighted by Crippen LogP contribution is -2.21. The SMILES string of the molecule is CC(C(C[N+](=O)[O-])=NC1CC1)c1ccc(Cl)nc1. The number of nitro groups is 1. The van der Waals surface area contributed by atoms with Crippen LogP contribution in [0.4, 0.5) is 0 Å². The van der Waals surface area contributed by atoms with Crippen molar-refractivity contribution in [3.05, 3.63) is 39.2 Å². The molecule has 1 aliphatic carbocycles. The van der Waals surface area contributed by atoms with Crippen molar-refractivity contribution in [1.82, 2.24) is 4.98 Å². The summed E-state index contributed by atoms with van der Waals surface area (Å²) in [6, 6.07) is 3.80. The molecule has 1 saturated carbocycles. The van der Waals surface area contributed by atoms with Gasteiger partial charge in [0.2, 0.25) is 6.54 Å². The summed E-state index contributed by atoms with van der Waals surface area (Å²) < 4.78 is 0. The van der Waals surface area contributed by atoms with Crippen LogP contribution in [0.2, 0.25) is 5.15 Å². The minimum absolute atomic E-state index is 0.0965. The molecule has 1 aliphatic rings. The van der Waals surface area contributed by atoms with Gasteiger partial charge in [-0.3, -0.25) is 15.1 Å². The molecule has 0 saturated heterocycles. The van der Waals surface area contributed by atoms with Crippen LogP contribution >= 0.6 is 11.6 Å². The molecule has 1 atom stereocenters. The van der Waals surface area contributed by atoms with Gasteiger partial charge in [0.1, 0.15) is 5.15 Å². The molecule has 1 aromatic rings. The third-order valence-electron chi connectivity index (χ3n) is 2.94. The van der Waals surface area contributed by atoms with Gasteiger partial charge in [-0.2, -0.15) is 0 Å². The second-order valence-corrected chi connectivity index (χ2v) is 4.87. The highest BCUT2D eigenvalue weighted by Gasteiger charge is 2.25. The first-order valence-corrected chi connectivity index (χ1v) is 6.24. The van der Waals surface area contributed by atoms with Crippen molar-refractivity contribution in [2.24, 2.45) is 4.99 Å². The van der Waals surface area contributed by atoms with E-state index in [0.29, 0.717) is 10.9 Å². The molecule has 96 valence electrons. The summed E-state index contributed by atoms with van der Waals surface area (Å²) in [6.07, 6.45) is 3.72. The van der Waals surface area contributed by atoms with Gasteiger partial charge in [-0.15, -0.1) is 0 Å². The molecule has 5 nitrogen and oxygen atoms in total. The van der Waals surface area contributed by atoms with Gasteiger partial charge >= 0.3 is 0 Å². The Morgan fingerprint density at radius 1 is 1.67 bits per heavy atom. The molecule has 1 heterocycles. The normalized spacial score (nSPS) is 17.6. The molecule has 1 fully saturated rings. The average Bonchev–Trinajstić information content (AvgIpc) is 3.12. The number of hydrogen-bond donors (Lipinski definition) is 0. The Balaban J connectivity index is 2.18. The maximum Gasteiger partial charge on any atom is 0.241 e. The summed E-state index contributed by atoms with van der Waals surface area (Å²) in [5, 5.41) is 11.1. The average molecular weight is 268 g/mol. The van der Waals surface area contributed by atoms with Crippen LogP contribution in [0, 0.1) is 10.1 Å². The summed E-state index contributed by atoms with van der Waals surface area (Å²) >= 11 is 5.73. The van der Waals surface area contributed by atoms with E-state index in [9.17, 15) is 10.1 Å². The van der Waals surface area contributed by atoms with E-state index >= 15 is 0 Å². The van der Waals surface area contributed by atoms with Gasteiger partial charge in [0, 0.05) is 17.0 Å². The number of aliphatic imine (C=N–C) groups is 1. The van der Waals surface area contributed by atoms with Gasteiger partial charge in [0.05, 0.1) is 11.8 Å². The van der Waals surface area contributed by atoms with Gasteiger partial charge < -0.3 is 0 Å². The van der Waals surface area contributed by atoms with Crippen LogP contribution < -0.4 is 0 Å². The summed E-state index contributed by atoms with van der Waals surface area (Å²) in [5.41, 5.74) is 1.52. The van der Waals surface area contributed by atoms with E-state index in [2.05, 4.69) is 9.98 Å². The zero-order valence-electron chi connectivity index (χ0n) is 10.0. The molecular formula is C12H14ClN3O2. The highest BCUT2D eigenvalue weighted by Crippen LogP contribution is 2.26. The molecule has 0 bridgehead atoms.